The average molecular weight is 445 g/mol. The number of epoxide rings is 1. The van der Waals surface area contributed by atoms with Crippen LogP contribution in [0.3, 0.4) is 0 Å². The molecule has 4 aromatic carbocycles. The van der Waals surface area contributed by atoms with Crippen LogP contribution in [0.2, 0.25) is 0 Å². The number of fused-ring (bicyclic) bond motifs is 2. The Balaban J connectivity index is 0.000000245. The van der Waals surface area contributed by atoms with Crippen molar-refractivity contribution in [1.82, 2.24) is 0 Å². The van der Waals surface area contributed by atoms with E-state index in [1.54, 1.807) is 0 Å². The van der Waals surface area contributed by atoms with Gasteiger partial charge in [-0.05, 0) is 55.7 Å². The van der Waals surface area contributed by atoms with Gasteiger partial charge in [0.2, 0.25) is 0 Å². The second-order valence-corrected chi connectivity index (χ2v) is 8.78. The van der Waals surface area contributed by atoms with E-state index in [4.69, 9.17) is 4.74 Å². The lowest BCUT2D eigenvalue weighted by Crippen LogP contribution is -1.76. The molecule has 33 heavy (non-hydrogen) atoms. The molecule has 1 fully saturated rings. The highest BCUT2D eigenvalue weighted by atomic mass is 16.6. The van der Waals surface area contributed by atoms with Crippen molar-refractivity contribution in [3.05, 3.63) is 95.1 Å². The minimum absolute atomic E-state index is 0. The summed E-state index contributed by atoms with van der Waals surface area (Å²) in [5.74, 6) is 0. The fourth-order valence-electron chi connectivity index (χ4n) is 3.27. The van der Waals surface area contributed by atoms with Crippen LogP contribution in [0.1, 0.15) is 63.3 Å². The van der Waals surface area contributed by atoms with E-state index >= 15 is 0 Å². The van der Waals surface area contributed by atoms with Crippen molar-refractivity contribution < 1.29 is 4.74 Å². The van der Waals surface area contributed by atoms with E-state index in [2.05, 4.69) is 121 Å². The van der Waals surface area contributed by atoms with E-state index in [1.165, 1.54) is 56.6 Å². The van der Waals surface area contributed by atoms with Crippen LogP contribution >= 0.6 is 0 Å². The first-order valence-corrected chi connectivity index (χ1v) is 11.9. The van der Waals surface area contributed by atoms with Crippen LogP contribution in [0.4, 0.5) is 0 Å². The number of benzene rings is 4. The van der Waals surface area contributed by atoms with Crippen molar-refractivity contribution >= 4 is 21.5 Å². The molecule has 1 heterocycles. The number of hydrogen-bond acceptors (Lipinski definition) is 1. The van der Waals surface area contributed by atoms with Gasteiger partial charge in [0.1, 0.15) is 0 Å². The molecule has 0 bridgehead atoms. The summed E-state index contributed by atoms with van der Waals surface area (Å²) in [7, 11) is 0. The van der Waals surface area contributed by atoms with Gasteiger partial charge < -0.3 is 4.74 Å². The Hall–Kier alpha value is -2.64. The van der Waals surface area contributed by atoms with Gasteiger partial charge in [-0.2, -0.15) is 0 Å². The highest BCUT2D eigenvalue weighted by Gasteiger charge is 2.18. The van der Waals surface area contributed by atoms with Crippen LogP contribution in [-0.4, -0.2) is 12.7 Å². The van der Waals surface area contributed by atoms with Gasteiger partial charge in [-0.25, -0.2) is 0 Å². The molecule has 5 rings (SSSR count). The summed E-state index contributed by atoms with van der Waals surface area (Å²) < 4.78 is 4.86. The molecule has 1 nitrogen and oxygen atoms in total. The Bertz CT molecular complexity index is 949. The third kappa shape index (κ3) is 10.2. The maximum atomic E-state index is 4.86. The molecule has 0 aromatic heterocycles. The number of ether oxygens (including phenoxy) is 1. The molecule has 0 aliphatic carbocycles. The molecule has 4 aromatic rings. The summed E-state index contributed by atoms with van der Waals surface area (Å²) in [6.07, 6.45) is 3.08. The molecular weight excluding hydrogens is 400 g/mol. The third-order valence-electron chi connectivity index (χ3n) is 5.16. The van der Waals surface area contributed by atoms with Gasteiger partial charge in [0.05, 0.1) is 12.7 Å². The molecule has 1 unspecified atom stereocenters. The van der Waals surface area contributed by atoms with Crippen LogP contribution in [0, 0.1) is 27.7 Å². The van der Waals surface area contributed by atoms with Crippen LogP contribution in [0.5, 0.6) is 0 Å². The quantitative estimate of drug-likeness (QED) is 0.266. The zero-order valence-corrected chi connectivity index (χ0v) is 21.0. The first-order valence-electron chi connectivity index (χ1n) is 11.9. The minimum Gasteiger partial charge on any atom is -0.373 e. The zero-order chi connectivity index (χ0) is 23.5. The Labute approximate surface area is 202 Å². The Kier molecular flexibility index (Phi) is 12.5. The molecule has 0 saturated carbocycles. The molecule has 1 saturated heterocycles. The van der Waals surface area contributed by atoms with Gasteiger partial charge in [0, 0.05) is 0 Å². The molecular formula is C32H44O. The summed E-state index contributed by atoms with van der Waals surface area (Å²) in [6.45, 7) is 15.9. The van der Waals surface area contributed by atoms with E-state index in [9.17, 15) is 0 Å². The highest BCUT2D eigenvalue weighted by Crippen LogP contribution is 2.18. The largest absolute Gasteiger partial charge is 0.373 e. The lowest BCUT2D eigenvalue weighted by atomic mass is 10.1. The van der Waals surface area contributed by atoms with E-state index in [0.29, 0.717) is 6.10 Å². The number of hydrogen-bond donors (Lipinski definition) is 0. The predicted molar refractivity (Wildman–Crippen MR) is 150 cm³/mol. The first kappa shape index (κ1) is 28.4. The molecule has 0 radical (unpaired) electrons. The Morgan fingerprint density at radius 3 is 1.03 bits per heavy atom. The molecule has 178 valence electrons. The zero-order valence-electron chi connectivity index (χ0n) is 21.0. The lowest BCUT2D eigenvalue weighted by molar-refractivity contribution is 0.403. The summed E-state index contributed by atoms with van der Waals surface area (Å²) in [5.41, 5.74) is 5.31. The van der Waals surface area contributed by atoms with Crippen molar-refractivity contribution in [3.63, 3.8) is 0 Å². The molecule has 1 atom stereocenters. The molecule has 0 N–H and O–H groups in total. The second-order valence-electron chi connectivity index (χ2n) is 8.78. The van der Waals surface area contributed by atoms with Gasteiger partial charge in [0.25, 0.3) is 0 Å². The third-order valence-corrected chi connectivity index (χ3v) is 5.16. The molecule has 0 amide bonds. The lowest BCUT2D eigenvalue weighted by Gasteiger charge is -1.99. The first-order chi connectivity index (χ1) is 15.4. The fourth-order valence-corrected chi connectivity index (χ4v) is 3.27. The smallest absolute Gasteiger partial charge is 0.0807 e. The van der Waals surface area contributed by atoms with E-state index in [1.807, 2.05) is 0 Å². The summed E-state index contributed by atoms with van der Waals surface area (Å²) in [4.78, 5) is 0. The van der Waals surface area contributed by atoms with Gasteiger partial charge in [0.15, 0.2) is 0 Å². The Morgan fingerprint density at radius 1 is 0.576 bits per heavy atom. The average Bonchev–Trinajstić information content (AvgIpc) is 3.59. The van der Waals surface area contributed by atoms with E-state index in [0.717, 1.165) is 6.61 Å². The van der Waals surface area contributed by atoms with Crippen LogP contribution in [-0.2, 0) is 4.74 Å². The Morgan fingerprint density at radius 2 is 0.848 bits per heavy atom. The van der Waals surface area contributed by atoms with Crippen LogP contribution in [0.15, 0.2) is 72.8 Å². The maximum Gasteiger partial charge on any atom is 0.0807 e. The maximum absolute atomic E-state index is 4.86. The predicted octanol–water partition coefficient (Wildman–Crippen LogP) is 9.76. The van der Waals surface area contributed by atoms with Crippen LogP contribution in [0.25, 0.3) is 21.5 Å². The molecule has 1 aliphatic rings. The summed E-state index contributed by atoms with van der Waals surface area (Å²) >= 11 is 0. The van der Waals surface area contributed by atoms with Crippen molar-refractivity contribution in [2.24, 2.45) is 0 Å². The summed E-state index contributed by atoms with van der Waals surface area (Å²) in [6, 6.07) is 26.2. The standard InChI is InChI=1S/2C12H12.C4H8O.C3H8.CH4/c2*1-9-3-5-11-6-4-10(2)8-12(11)7-9;1-2-4-3-5-4;1-3-2;/h2*3-8H,1-2H3;4H,2-3H2,1H3;3H2,1-2H3;1H4. The van der Waals surface area contributed by atoms with Gasteiger partial charge in [-0.3, -0.25) is 0 Å². The van der Waals surface area contributed by atoms with Gasteiger partial charge in [-0.1, -0.05) is 130 Å². The molecule has 1 heteroatoms. The minimum atomic E-state index is 0. The topological polar surface area (TPSA) is 12.5 Å². The second kappa shape index (κ2) is 14.5. The summed E-state index contributed by atoms with van der Waals surface area (Å²) in [5, 5.41) is 5.34. The van der Waals surface area contributed by atoms with Crippen molar-refractivity contribution in [2.45, 2.75) is 74.8 Å². The molecule has 0 spiro atoms. The SMILES string of the molecule is C.CCC.CCC1CO1.Cc1ccc2ccc(C)cc2c1.Cc1ccc2ccc(C)cc2c1. The van der Waals surface area contributed by atoms with Gasteiger partial charge in [-0.15, -0.1) is 0 Å². The number of aryl methyl sites for hydroxylation is 4. The molecule has 1 aliphatic heterocycles. The number of rotatable bonds is 1. The van der Waals surface area contributed by atoms with E-state index in [-0.39, 0.29) is 7.43 Å². The normalized spacial score (nSPS) is 13.4. The van der Waals surface area contributed by atoms with Crippen molar-refractivity contribution in [1.29, 1.82) is 0 Å². The monoisotopic (exact) mass is 444 g/mol. The van der Waals surface area contributed by atoms with Crippen molar-refractivity contribution in [3.8, 4) is 0 Å². The van der Waals surface area contributed by atoms with Crippen molar-refractivity contribution in [2.75, 3.05) is 6.61 Å². The van der Waals surface area contributed by atoms with Gasteiger partial charge >= 0.3 is 0 Å². The fraction of sp³-hybridized carbons (Fsp3) is 0.375. The highest BCUT2D eigenvalue weighted by molar-refractivity contribution is 5.84. The van der Waals surface area contributed by atoms with E-state index < -0.39 is 0 Å². The van der Waals surface area contributed by atoms with Crippen LogP contribution < -0.4 is 0 Å².